The van der Waals surface area contributed by atoms with E-state index in [2.05, 4.69) is 34.4 Å². The number of benzene rings is 2. The number of ether oxygens (including phenoxy) is 1. The molecule has 3 N–H and O–H groups in total. The molecular weight excluding hydrogens is 440 g/mol. The number of aromatic nitrogens is 2. The Bertz CT molecular complexity index is 1230. The Morgan fingerprint density at radius 1 is 1.27 bits per heavy atom. The monoisotopic (exact) mass is 464 g/mol. The molecule has 2 aromatic carbocycles. The van der Waals surface area contributed by atoms with Crippen molar-refractivity contribution in [2.75, 3.05) is 37.5 Å². The molecule has 3 heterocycles. The van der Waals surface area contributed by atoms with Crippen molar-refractivity contribution in [2.24, 2.45) is 5.73 Å². The first-order valence-electron chi connectivity index (χ1n) is 10.8. The Balaban J connectivity index is 1.50. The number of amides is 1. The van der Waals surface area contributed by atoms with Gasteiger partial charge in [-0.25, -0.2) is 4.98 Å². The SMILES string of the molecule is COc1cc2c(cc1Nc1ncc(Cl)c(N3CC(C(N)=O)c4ccccc43)n1)CN(C)CC2. The zero-order valence-corrected chi connectivity index (χ0v) is 19.3. The van der Waals surface area contributed by atoms with E-state index < -0.39 is 5.92 Å². The van der Waals surface area contributed by atoms with Crippen LogP contribution in [0.5, 0.6) is 5.75 Å². The first kappa shape index (κ1) is 21.5. The lowest BCUT2D eigenvalue weighted by molar-refractivity contribution is -0.119. The van der Waals surface area contributed by atoms with Crippen LogP contribution in [0.25, 0.3) is 0 Å². The lowest BCUT2D eigenvalue weighted by Gasteiger charge is -2.26. The highest BCUT2D eigenvalue weighted by Crippen LogP contribution is 2.42. The van der Waals surface area contributed by atoms with Gasteiger partial charge < -0.3 is 25.6 Å². The second-order valence-electron chi connectivity index (χ2n) is 8.42. The number of hydrogen-bond acceptors (Lipinski definition) is 7. The van der Waals surface area contributed by atoms with Gasteiger partial charge in [0.2, 0.25) is 11.9 Å². The molecule has 3 aromatic rings. The lowest BCUT2D eigenvalue weighted by atomic mass is 9.99. The highest BCUT2D eigenvalue weighted by atomic mass is 35.5. The van der Waals surface area contributed by atoms with E-state index in [1.54, 1.807) is 13.3 Å². The Kier molecular flexibility index (Phi) is 5.55. The predicted molar refractivity (Wildman–Crippen MR) is 129 cm³/mol. The first-order chi connectivity index (χ1) is 15.9. The summed E-state index contributed by atoms with van der Waals surface area (Å²) >= 11 is 6.50. The number of nitrogens with two attached hydrogens (primary N) is 1. The van der Waals surface area contributed by atoms with Crippen LogP contribution in [0.15, 0.2) is 42.6 Å². The second kappa shape index (κ2) is 8.53. The van der Waals surface area contributed by atoms with Gasteiger partial charge in [0.05, 0.1) is 24.9 Å². The summed E-state index contributed by atoms with van der Waals surface area (Å²) < 4.78 is 5.63. The van der Waals surface area contributed by atoms with E-state index in [4.69, 9.17) is 27.1 Å². The van der Waals surface area contributed by atoms with Gasteiger partial charge in [-0.1, -0.05) is 29.8 Å². The average molecular weight is 465 g/mol. The number of primary amides is 1. The number of para-hydroxylation sites is 1. The van der Waals surface area contributed by atoms with Crippen LogP contribution >= 0.6 is 11.6 Å². The van der Waals surface area contributed by atoms with E-state index in [1.807, 2.05) is 29.2 Å². The van der Waals surface area contributed by atoms with Gasteiger partial charge in [-0.3, -0.25) is 4.79 Å². The minimum absolute atomic E-state index is 0.374. The molecule has 0 aliphatic carbocycles. The normalized spacial score (nSPS) is 17.4. The molecule has 1 aromatic heterocycles. The predicted octanol–water partition coefficient (Wildman–Crippen LogP) is 3.59. The number of methoxy groups -OCH3 is 1. The fraction of sp³-hybridized carbons (Fsp3) is 0.292. The molecule has 2 aliphatic heterocycles. The topological polar surface area (TPSA) is 96.6 Å². The van der Waals surface area contributed by atoms with Gasteiger partial charge in [0.1, 0.15) is 10.8 Å². The maximum atomic E-state index is 12.0. The summed E-state index contributed by atoms with van der Waals surface area (Å²) in [5.74, 6) is 0.830. The number of carbonyl (C=O) groups is 1. The highest BCUT2D eigenvalue weighted by Gasteiger charge is 2.34. The summed E-state index contributed by atoms with van der Waals surface area (Å²) in [6.45, 7) is 2.27. The fourth-order valence-electron chi connectivity index (χ4n) is 4.57. The van der Waals surface area contributed by atoms with Crippen LogP contribution in [-0.2, 0) is 17.8 Å². The van der Waals surface area contributed by atoms with Gasteiger partial charge in [0.15, 0.2) is 5.82 Å². The van der Waals surface area contributed by atoms with Crippen molar-refractivity contribution in [1.82, 2.24) is 14.9 Å². The minimum Gasteiger partial charge on any atom is -0.495 e. The molecule has 0 saturated carbocycles. The van der Waals surface area contributed by atoms with Crippen molar-refractivity contribution in [1.29, 1.82) is 0 Å². The first-order valence-corrected chi connectivity index (χ1v) is 11.2. The van der Waals surface area contributed by atoms with Crippen LogP contribution in [0, 0.1) is 0 Å². The number of fused-ring (bicyclic) bond motifs is 2. The van der Waals surface area contributed by atoms with Crippen molar-refractivity contribution in [3.63, 3.8) is 0 Å². The van der Waals surface area contributed by atoms with Crippen LogP contribution in [0.2, 0.25) is 5.02 Å². The molecule has 0 bridgehead atoms. The van der Waals surface area contributed by atoms with Crippen LogP contribution in [0.4, 0.5) is 23.1 Å². The van der Waals surface area contributed by atoms with Gasteiger partial charge in [0, 0.05) is 25.3 Å². The third kappa shape index (κ3) is 3.96. The number of rotatable bonds is 5. The van der Waals surface area contributed by atoms with Gasteiger partial charge in [-0.2, -0.15) is 4.98 Å². The van der Waals surface area contributed by atoms with E-state index in [-0.39, 0.29) is 5.91 Å². The summed E-state index contributed by atoms with van der Waals surface area (Å²) in [7, 11) is 3.77. The smallest absolute Gasteiger partial charge is 0.229 e. The van der Waals surface area contributed by atoms with Crippen molar-refractivity contribution in [3.8, 4) is 5.75 Å². The molecule has 2 aliphatic rings. The summed E-state index contributed by atoms with van der Waals surface area (Å²) in [5, 5.41) is 3.68. The maximum absolute atomic E-state index is 12.0. The van der Waals surface area contributed by atoms with Gasteiger partial charge in [-0.15, -0.1) is 0 Å². The van der Waals surface area contributed by atoms with Gasteiger partial charge >= 0.3 is 0 Å². The average Bonchev–Trinajstić information content (AvgIpc) is 3.20. The largest absolute Gasteiger partial charge is 0.495 e. The van der Waals surface area contributed by atoms with Crippen molar-refractivity contribution in [2.45, 2.75) is 18.9 Å². The van der Waals surface area contributed by atoms with Crippen LogP contribution in [0.1, 0.15) is 22.6 Å². The number of halogens is 1. The number of carbonyl (C=O) groups excluding carboxylic acids is 1. The van der Waals surface area contributed by atoms with E-state index in [0.717, 1.165) is 42.2 Å². The standard InChI is InChI=1S/C24H25ClN6O2/c1-30-8-7-14-10-21(33-2)19(9-15(14)12-30)28-24-27-11-18(25)23(29-24)31-13-17(22(26)32)16-5-3-4-6-20(16)31/h3-6,9-11,17H,7-8,12-13H2,1-2H3,(H2,26,32)(H,27,28,29). The molecule has 0 radical (unpaired) electrons. The third-order valence-corrected chi connectivity index (χ3v) is 6.53. The molecule has 9 heteroatoms. The second-order valence-corrected chi connectivity index (χ2v) is 8.83. The van der Waals surface area contributed by atoms with E-state index in [0.29, 0.717) is 23.3 Å². The zero-order chi connectivity index (χ0) is 23.1. The molecule has 8 nitrogen and oxygen atoms in total. The van der Waals surface area contributed by atoms with E-state index >= 15 is 0 Å². The summed E-state index contributed by atoms with van der Waals surface area (Å²) in [4.78, 5) is 25.3. The Hall–Kier alpha value is -3.36. The number of anilines is 4. The molecule has 170 valence electrons. The quantitative estimate of drug-likeness (QED) is 0.595. The van der Waals surface area contributed by atoms with Crippen LogP contribution < -0.4 is 20.7 Å². The zero-order valence-electron chi connectivity index (χ0n) is 18.5. The minimum atomic E-state index is -0.429. The van der Waals surface area contributed by atoms with Crippen molar-refractivity contribution >= 4 is 40.6 Å². The van der Waals surface area contributed by atoms with E-state index in [9.17, 15) is 4.79 Å². The van der Waals surface area contributed by atoms with Gasteiger partial charge in [-0.05, 0) is 48.4 Å². The number of nitrogens with one attached hydrogen (secondary N) is 1. The van der Waals surface area contributed by atoms with Crippen LogP contribution in [0.3, 0.4) is 0 Å². The number of hydrogen-bond donors (Lipinski definition) is 2. The Labute approximate surface area is 197 Å². The molecule has 5 rings (SSSR count). The third-order valence-electron chi connectivity index (χ3n) is 6.26. The van der Waals surface area contributed by atoms with Crippen molar-refractivity contribution < 1.29 is 9.53 Å². The summed E-state index contributed by atoms with van der Waals surface area (Å²) in [6.07, 6.45) is 2.55. The molecule has 33 heavy (non-hydrogen) atoms. The summed E-state index contributed by atoms with van der Waals surface area (Å²) in [6, 6.07) is 11.8. The van der Waals surface area contributed by atoms with E-state index in [1.165, 1.54) is 11.1 Å². The van der Waals surface area contributed by atoms with Gasteiger partial charge in [0.25, 0.3) is 0 Å². The number of nitrogens with zero attached hydrogens (tertiary/aromatic N) is 4. The highest BCUT2D eigenvalue weighted by molar-refractivity contribution is 6.33. The molecule has 0 spiro atoms. The Morgan fingerprint density at radius 3 is 2.88 bits per heavy atom. The Morgan fingerprint density at radius 2 is 2.09 bits per heavy atom. The molecule has 1 atom stereocenters. The summed E-state index contributed by atoms with van der Waals surface area (Å²) in [5.41, 5.74) is 10.7. The molecule has 0 fully saturated rings. The molecule has 1 unspecified atom stereocenters. The lowest BCUT2D eigenvalue weighted by Crippen LogP contribution is -2.26. The van der Waals surface area contributed by atoms with Crippen LogP contribution in [-0.4, -0.2) is 48.0 Å². The number of likely N-dealkylation sites (N-methyl/N-ethyl adjacent to an activating group) is 1. The fourth-order valence-corrected chi connectivity index (χ4v) is 4.77. The molecule has 1 amide bonds. The van der Waals surface area contributed by atoms with Crippen molar-refractivity contribution in [3.05, 3.63) is 64.3 Å². The molecule has 0 saturated heterocycles. The molecular formula is C24H25ClN6O2. The maximum Gasteiger partial charge on any atom is 0.229 e.